The average molecular weight is 485 g/mol. The summed E-state index contributed by atoms with van der Waals surface area (Å²) >= 11 is 0. The minimum atomic E-state index is -0.00721. The van der Waals surface area contributed by atoms with Crippen LogP contribution in [0.4, 0.5) is 0 Å². The van der Waals surface area contributed by atoms with Gasteiger partial charge in [-0.2, -0.15) is 0 Å². The third-order valence-corrected chi connectivity index (χ3v) is 3.85. The molecule has 0 saturated heterocycles. The molecule has 2 rings (SSSR count). The van der Waals surface area contributed by atoms with E-state index in [1.54, 1.807) is 12.1 Å². The van der Waals surface area contributed by atoms with Crippen LogP contribution in [-0.2, 0) is 13.1 Å². The zero-order chi connectivity index (χ0) is 18.9. The molecule has 148 valence electrons. The fourth-order valence-electron chi connectivity index (χ4n) is 2.56. The summed E-state index contributed by atoms with van der Waals surface area (Å²) < 4.78 is 10.4. The fraction of sp³-hybridized carbons (Fsp3) is 0.350. The lowest BCUT2D eigenvalue weighted by molar-refractivity contribution is 0.339. The van der Waals surface area contributed by atoms with E-state index >= 15 is 0 Å². The lowest BCUT2D eigenvalue weighted by Gasteiger charge is -2.13. The number of nitrogens with zero attached hydrogens (tertiary/aromatic N) is 1. The largest absolute Gasteiger partial charge is 0.502 e. The molecule has 0 atom stereocenters. The Kier molecular flexibility index (Phi) is 9.77. The molecule has 0 saturated carbocycles. The van der Waals surface area contributed by atoms with Crippen LogP contribution in [-0.4, -0.2) is 31.8 Å². The Balaban J connectivity index is 0.00000364. The van der Waals surface area contributed by atoms with Crippen LogP contribution >= 0.6 is 24.0 Å². The Morgan fingerprint density at radius 1 is 1.04 bits per heavy atom. The molecule has 3 N–H and O–H groups in total. The average Bonchev–Trinajstić information content (AvgIpc) is 2.64. The Morgan fingerprint density at radius 2 is 1.70 bits per heavy atom. The first kappa shape index (κ1) is 22.9. The van der Waals surface area contributed by atoms with Gasteiger partial charge in [0.1, 0.15) is 0 Å². The molecule has 0 amide bonds. The number of rotatable bonds is 7. The Labute approximate surface area is 178 Å². The predicted octanol–water partition coefficient (Wildman–Crippen LogP) is 3.59. The molecule has 2 aromatic rings. The maximum absolute atomic E-state index is 10.00. The molecule has 2 aromatic carbocycles. The van der Waals surface area contributed by atoms with Crippen LogP contribution in [0.3, 0.4) is 0 Å². The van der Waals surface area contributed by atoms with Crippen molar-refractivity contribution in [2.24, 2.45) is 4.99 Å². The molecule has 27 heavy (non-hydrogen) atoms. The smallest absolute Gasteiger partial charge is 0.200 e. The summed E-state index contributed by atoms with van der Waals surface area (Å²) in [5, 5.41) is 16.6. The van der Waals surface area contributed by atoms with Crippen LogP contribution in [0, 0.1) is 6.92 Å². The second kappa shape index (κ2) is 11.5. The summed E-state index contributed by atoms with van der Waals surface area (Å²) in [6.45, 7) is 5.98. The number of hydrogen-bond acceptors (Lipinski definition) is 4. The second-order valence-electron chi connectivity index (χ2n) is 5.89. The summed E-state index contributed by atoms with van der Waals surface area (Å²) in [6.07, 6.45) is 0. The zero-order valence-electron chi connectivity index (χ0n) is 16.2. The van der Waals surface area contributed by atoms with Crippen molar-refractivity contribution >= 4 is 29.9 Å². The number of phenols is 1. The van der Waals surface area contributed by atoms with Gasteiger partial charge in [-0.25, -0.2) is 4.99 Å². The topological polar surface area (TPSA) is 75.1 Å². The molecular weight excluding hydrogens is 457 g/mol. The van der Waals surface area contributed by atoms with Crippen molar-refractivity contribution in [3.63, 3.8) is 0 Å². The summed E-state index contributed by atoms with van der Waals surface area (Å²) in [4.78, 5) is 4.60. The molecule has 0 fully saturated rings. The fourth-order valence-corrected chi connectivity index (χ4v) is 2.56. The highest BCUT2D eigenvalue weighted by atomic mass is 127. The molecule has 0 bridgehead atoms. The number of halogens is 1. The van der Waals surface area contributed by atoms with Crippen LogP contribution in [0.25, 0.3) is 0 Å². The number of aliphatic imine (C=N–C) groups is 1. The lowest BCUT2D eigenvalue weighted by Crippen LogP contribution is -2.36. The molecule has 0 heterocycles. The Morgan fingerprint density at radius 3 is 2.26 bits per heavy atom. The quantitative estimate of drug-likeness (QED) is 0.318. The number of ether oxygens (including phenoxy) is 2. The summed E-state index contributed by atoms with van der Waals surface area (Å²) in [5.74, 6) is 1.45. The van der Waals surface area contributed by atoms with Crippen molar-refractivity contribution in [3.05, 3.63) is 53.1 Å². The van der Waals surface area contributed by atoms with Gasteiger partial charge >= 0.3 is 0 Å². The number of methoxy groups -OCH3 is 2. The molecular formula is C20H28IN3O3. The highest BCUT2D eigenvalue weighted by molar-refractivity contribution is 14.0. The van der Waals surface area contributed by atoms with E-state index in [1.165, 1.54) is 25.3 Å². The number of guanidine groups is 1. The van der Waals surface area contributed by atoms with Crippen LogP contribution in [0.15, 0.2) is 41.4 Å². The van der Waals surface area contributed by atoms with Gasteiger partial charge in [0.05, 0.1) is 20.8 Å². The molecule has 0 aromatic heterocycles. The standard InChI is InChI=1S/C20H27N3O3.HI/c1-5-21-20(22-12-15-8-6-7-14(2)9-15)23-13-16-10-17(25-3)19(24)18(11-16)26-4;/h6-11,24H,5,12-13H2,1-4H3,(H2,21,22,23);1H. The van der Waals surface area contributed by atoms with Crippen LogP contribution in [0.2, 0.25) is 0 Å². The first-order valence-corrected chi connectivity index (χ1v) is 8.59. The van der Waals surface area contributed by atoms with E-state index in [0.29, 0.717) is 24.6 Å². The third kappa shape index (κ3) is 6.82. The predicted molar refractivity (Wildman–Crippen MR) is 119 cm³/mol. The van der Waals surface area contributed by atoms with Crippen LogP contribution < -0.4 is 20.1 Å². The van der Waals surface area contributed by atoms with Crippen molar-refractivity contribution in [1.29, 1.82) is 0 Å². The maximum atomic E-state index is 10.00. The number of hydrogen-bond donors (Lipinski definition) is 3. The van der Waals surface area contributed by atoms with Gasteiger partial charge in [0.25, 0.3) is 0 Å². The van der Waals surface area contributed by atoms with Crippen molar-refractivity contribution in [2.45, 2.75) is 26.9 Å². The van der Waals surface area contributed by atoms with Gasteiger partial charge in [0.15, 0.2) is 17.5 Å². The van der Waals surface area contributed by atoms with Gasteiger partial charge in [0.2, 0.25) is 5.75 Å². The summed E-state index contributed by atoms with van der Waals surface area (Å²) in [6, 6.07) is 11.9. The van der Waals surface area contributed by atoms with Gasteiger partial charge in [-0.1, -0.05) is 29.8 Å². The van der Waals surface area contributed by atoms with Crippen LogP contribution in [0.5, 0.6) is 17.2 Å². The number of benzene rings is 2. The molecule has 0 radical (unpaired) electrons. The summed E-state index contributed by atoms with van der Waals surface area (Å²) in [7, 11) is 3.02. The van der Waals surface area contributed by atoms with E-state index in [9.17, 15) is 5.11 Å². The van der Waals surface area contributed by atoms with E-state index in [4.69, 9.17) is 9.47 Å². The van der Waals surface area contributed by atoms with Crippen LogP contribution in [0.1, 0.15) is 23.6 Å². The number of phenolic OH excluding ortho intramolecular Hbond substituents is 1. The molecule has 0 aliphatic rings. The molecule has 0 aliphatic heterocycles. The van der Waals surface area contributed by atoms with E-state index < -0.39 is 0 Å². The lowest BCUT2D eigenvalue weighted by atomic mass is 10.1. The number of aryl methyl sites for hydroxylation is 1. The highest BCUT2D eigenvalue weighted by Crippen LogP contribution is 2.37. The molecule has 6 nitrogen and oxygen atoms in total. The number of aromatic hydroxyl groups is 1. The summed E-state index contributed by atoms with van der Waals surface area (Å²) in [5.41, 5.74) is 3.31. The Hall–Kier alpha value is -2.16. The number of nitrogens with one attached hydrogen (secondary N) is 2. The van der Waals surface area contributed by atoms with Crippen molar-refractivity contribution in [1.82, 2.24) is 10.6 Å². The minimum Gasteiger partial charge on any atom is -0.502 e. The van der Waals surface area contributed by atoms with Gasteiger partial charge in [-0.15, -0.1) is 24.0 Å². The van der Waals surface area contributed by atoms with Crippen molar-refractivity contribution in [3.8, 4) is 17.2 Å². The van der Waals surface area contributed by atoms with Gasteiger partial charge in [-0.05, 0) is 37.1 Å². The normalized spacial score (nSPS) is 10.7. The second-order valence-corrected chi connectivity index (χ2v) is 5.89. The first-order chi connectivity index (χ1) is 12.6. The molecule has 0 spiro atoms. The molecule has 0 aliphatic carbocycles. The van der Waals surface area contributed by atoms with Gasteiger partial charge < -0.3 is 25.2 Å². The van der Waals surface area contributed by atoms with Gasteiger partial charge in [0, 0.05) is 13.1 Å². The van der Waals surface area contributed by atoms with Crippen molar-refractivity contribution in [2.75, 3.05) is 20.8 Å². The monoisotopic (exact) mass is 485 g/mol. The van der Waals surface area contributed by atoms with Crippen molar-refractivity contribution < 1.29 is 14.6 Å². The molecule has 7 heteroatoms. The highest BCUT2D eigenvalue weighted by Gasteiger charge is 2.11. The SMILES string of the molecule is CCNC(=NCc1cc(OC)c(O)c(OC)c1)NCc1cccc(C)c1.I. The Bertz CT molecular complexity index is 741. The van der Waals surface area contributed by atoms with E-state index in [0.717, 1.165) is 18.1 Å². The van der Waals surface area contributed by atoms with E-state index in [1.807, 2.05) is 13.0 Å². The third-order valence-electron chi connectivity index (χ3n) is 3.85. The zero-order valence-corrected chi connectivity index (χ0v) is 18.5. The van der Waals surface area contributed by atoms with Gasteiger partial charge in [-0.3, -0.25) is 0 Å². The minimum absolute atomic E-state index is 0. The maximum Gasteiger partial charge on any atom is 0.200 e. The van der Waals surface area contributed by atoms with E-state index in [2.05, 4.69) is 40.7 Å². The molecule has 0 unspecified atom stereocenters. The van der Waals surface area contributed by atoms with E-state index in [-0.39, 0.29) is 29.7 Å². The first-order valence-electron chi connectivity index (χ1n) is 8.59.